The molecule has 0 bridgehead atoms. The van der Waals surface area contributed by atoms with Crippen molar-refractivity contribution in [3.05, 3.63) is 23.1 Å². The first kappa shape index (κ1) is 7.95. The zero-order chi connectivity index (χ0) is 8.72. The van der Waals surface area contributed by atoms with Gasteiger partial charge in [-0.3, -0.25) is 0 Å². The van der Waals surface area contributed by atoms with Gasteiger partial charge < -0.3 is 5.73 Å². The summed E-state index contributed by atoms with van der Waals surface area (Å²) in [7, 11) is 0. The second-order valence-corrected chi connectivity index (χ2v) is 4.17. The lowest BCUT2D eigenvalue weighted by Crippen LogP contribution is -1.89. The molecule has 0 amide bonds. The molecule has 12 heavy (non-hydrogen) atoms. The van der Waals surface area contributed by atoms with Crippen LogP contribution in [0.15, 0.2) is 22.4 Å². The van der Waals surface area contributed by atoms with Crippen molar-refractivity contribution in [2.75, 3.05) is 5.73 Å². The van der Waals surface area contributed by atoms with Crippen LogP contribution in [0.4, 0.5) is 5.69 Å². The molecule has 1 aromatic heterocycles. The first-order valence-electron chi connectivity index (χ1n) is 3.65. The predicted molar refractivity (Wildman–Crippen MR) is 58.2 cm³/mol. The number of hydrogen-bond acceptors (Lipinski definition) is 3. The van der Waals surface area contributed by atoms with Gasteiger partial charge in [0, 0.05) is 20.7 Å². The molecule has 0 saturated carbocycles. The Morgan fingerprint density at radius 3 is 3.00 bits per heavy atom. The van der Waals surface area contributed by atoms with Crippen molar-refractivity contribution in [3.8, 4) is 0 Å². The lowest BCUT2D eigenvalue weighted by atomic mass is 10.1. The summed E-state index contributed by atoms with van der Waals surface area (Å²) in [5.74, 6) is 0. The second kappa shape index (κ2) is 2.68. The zero-order valence-electron chi connectivity index (χ0n) is 6.66. The Balaban J connectivity index is 2.94. The molecule has 0 aliphatic carbocycles. The minimum atomic E-state index is 0.829. The zero-order valence-corrected chi connectivity index (χ0v) is 8.38. The molecule has 0 aliphatic rings. The number of hydrogen-bond donors (Lipinski definition) is 2. The van der Waals surface area contributed by atoms with Crippen molar-refractivity contribution >= 4 is 39.7 Å². The van der Waals surface area contributed by atoms with Crippen LogP contribution in [0.2, 0.25) is 0 Å². The van der Waals surface area contributed by atoms with Crippen LogP contribution in [0, 0.1) is 6.92 Å². The summed E-state index contributed by atoms with van der Waals surface area (Å²) in [6.45, 7) is 1.99. The smallest absolute Gasteiger partial charge is 0.0374 e. The lowest BCUT2D eigenvalue weighted by molar-refractivity contribution is 1.37. The molecular formula is C9H9NS2. The fraction of sp³-hybridized carbons (Fsp3) is 0.111. The van der Waals surface area contributed by atoms with Crippen LogP contribution in [0.5, 0.6) is 0 Å². The Hall–Kier alpha value is -0.670. The molecule has 0 saturated heterocycles. The maximum absolute atomic E-state index is 5.80. The van der Waals surface area contributed by atoms with Crippen molar-refractivity contribution in [1.29, 1.82) is 0 Å². The normalized spacial score (nSPS) is 10.8. The van der Waals surface area contributed by atoms with Gasteiger partial charge in [-0.2, -0.15) is 0 Å². The van der Waals surface area contributed by atoms with Crippen molar-refractivity contribution in [2.45, 2.75) is 11.8 Å². The molecule has 62 valence electrons. The van der Waals surface area contributed by atoms with E-state index < -0.39 is 0 Å². The SMILES string of the molecule is Cc1c(N)cc2sccc2c1S. The van der Waals surface area contributed by atoms with Gasteiger partial charge in [0.1, 0.15) is 0 Å². The molecule has 1 heterocycles. The van der Waals surface area contributed by atoms with Crippen LogP contribution < -0.4 is 5.73 Å². The third-order valence-electron chi connectivity index (χ3n) is 2.03. The number of thiol groups is 1. The number of thiophene rings is 1. The average molecular weight is 195 g/mol. The van der Waals surface area contributed by atoms with E-state index in [9.17, 15) is 0 Å². The molecule has 0 spiro atoms. The van der Waals surface area contributed by atoms with E-state index in [1.807, 2.05) is 13.0 Å². The van der Waals surface area contributed by atoms with E-state index in [0.29, 0.717) is 0 Å². The quantitative estimate of drug-likeness (QED) is 0.490. The van der Waals surface area contributed by atoms with Crippen molar-refractivity contribution < 1.29 is 0 Å². The highest BCUT2D eigenvalue weighted by molar-refractivity contribution is 7.80. The molecule has 0 radical (unpaired) electrons. The van der Waals surface area contributed by atoms with E-state index in [4.69, 9.17) is 5.73 Å². The monoisotopic (exact) mass is 195 g/mol. The molecular weight excluding hydrogens is 186 g/mol. The average Bonchev–Trinajstić information content (AvgIpc) is 2.48. The molecule has 1 nitrogen and oxygen atoms in total. The van der Waals surface area contributed by atoms with Crippen LogP contribution in [0.25, 0.3) is 10.1 Å². The summed E-state index contributed by atoms with van der Waals surface area (Å²) in [5.41, 5.74) is 7.71. The van der Waals surface area contributed by atoms with Gasteiger partial charge in [0.2, 0.25) is 0 Å². The Morgan fingerprint density at radius 2 is 2.25 bits per heavy atom. The molecule has 3 heteroatoms. The summed E-state index contributed by atoms with van der Waals surface area (Å²) in [4.78, 5) is 1.01. The molecule has 0 aliphatic heterocycles. The molecule has 0 unspecified atom stereocenters. The van der Waals surface area contributed by atoms with Crippen LogP contribution >= 0.6 is 24.0 Å². The van der Waals surface area contributed by atoms with Crippen molar-refractivity contribution in [1.82, 2.24) is 0 Å². The molecule has 2 rings (SSSR count). The number of fused-ring (bicyclic) bond motifs is 1. The van der Waals surface area contributed by atoms with Crippen LogP contribution in [0.3, 0.4) is 0 Å². The fourth-order valence-corrected chi connectivity index (χ4v) is 2.46. The van der Waals surface area contributed by atoms with Gasteiger partial charge in [-0.15, -0.1) is 24.0 Å². The molecule has 2 aromatic rings. The van der Waals surface area contributed by atoms with Gasteiger partial charge in [0.15, 0.2) is 0 Å². The highest BCUT2D eigenvalue weighted by atomic mass is 32.1. The minimum Gasteiger partial charge on any atom is -0.398 e. The second-order valence-electron chi connectivity index (χ2n) is 2.77. The van der Waals surface area contributed by atoms with Gasteiger partial charge in [-0.25, -0.2) is 0 Å². The third-order valence-corrected chi connectivity index (χ3v) is 3.47. The molecule has 0 atom stereocenters. The Kier molecular flexibility index (Phi) is 1.77. The molecule has 2 N–H and O–H groups in total. The standard InChI is InChI=1S/C9H9NS2/c1-5-7(10)4-8-6(9(5)11)2-3-12-8/h2-4,11H,10H2,1H3. The predicted octanol–water partition coefficient (Wildman–Crippen LogP) is 3.08. The first-order chi connectivity index (χ1) is 5.70. The van der Waals surface area contributed by atoms with Gasteiger partial charge in [0.05, 0.1) is 0 Å². The van der Waals surface area contributed by atoms with Crippen LogP contribution in [-0.2, 0) is 0 Å². The van der Waals surface area contributed by atoms with E-state index in [-0.39, 0.29) is 0 Å². The van der Waals surface area contributed by atoms with Crippen molar-refractivity contribution in [3.63, 3.8) is 0 Å². The number of nitrogen functional groups attached to an aromatic ring is 1. The molecule has 0 fully saturated rings. The maximum Gasteiger partial charge on any atom is 0.0374 e. The van der Waals surface area contributed by atoms with E-state index in [1.54, 1.807) is 11.3 Å². The minimum absolute atomic E-state index is 0.829. The van der Waals surface area contributed by atoms with E-state index in [0.717, 1.165) is 16.1 Å². The summed E-state index contributed by atoms with van der Waals surface area (Å²) < 4.78 is 1.21. The summed E-state index contributed by atoms with van der Waals surface area (Å²) in [6, 6.07) is 4.09. The van der Waals surface area contributed by atoms with Gasteiger partial charge in [-0.1, -0.05) is 0 Å². The number of nitrogens with two attached hydrogens (primary N) is 1. The van der Waals surface area contributed by atoms with Gasteiger partial charge in [0.25, 0.3) is 0 Å². The van der Waals surface area contributed by atoms with E-state index in [2.05, 4.69) is 24.1 Å². The molecule has 1 aromatic carbocycles. The number of rotatable bonds is 0. The summed E-state index contributed by atoms with van der Waals surface area (Å²) >= 11 is 6.12. The Bertz CT molecular complexity index is 431. The Labute approximate surface area is 80.6 Å². The Morgan fingerprint density at radius 1 is 1.50 bits per heavy atom. The first-order valence-corrected chi connectivity index (χ1v) is 4.98. The maximum atomic E-state index is 5.80. The van der Waals surface area contributed by atoms with Crippen molar-refractivity contribution in [2.24, 2.45) is 0 Å². The van der Waals surface area contributed by atoms with Gasteiger partial charge >= 0.3 is 0 Å². The van der Waals surface area contributed by atoms with Crippen LogP contribution in [0.1, 0.15) is 5.56 Å². The largest absolute Gasteiger partial charge is 0.398 e. The van der Waals surface area contributed by atoms with Gasteiger partial charge in [-0.05, 0) is 30.0 Å². The van der Waals surface area contributed by atoms with E-state index >= 15 is 0 Å². The summed E-state index contributed by atoms with van der Waals surface area (Å²) in [6.07, 6.45) is 0. The highest BCUT2D eigenvalue weighted by Crippen LogP contribution is 2.32. The topological polar surface area (TPSA) is 26.0 Å². The third kappa shape index (κ3) is 1.01. The highest BCUT2D eigenvalue weighted by Gasteiger charge is 2.05. The lowest BCUT2D eigenvalue weighted by Gasteiger charge is -2.04. The number of benzene rings is 1. The van der Waals surface area contributed by atoms with Crippen LogP contribution in [-0.4, -0.2) is 0 Å². The fourth-order valence-electron chi connectivity index (χ4n) is 1.22. The number of anilines is 1. The van der Waals surface area contributed by atoms with E-state index in [1.165, 1.54) is 10.1 Å². The summed E-state index contributed by atoms with van der Waals surface area (Å²) in [5, 5.41) is 3.26.